The summed E-state index contributed by atoms with van der Waals surface area (Å²) in [6, 6.07) is 11.4. The molecule has 0 fully saturated rings. The maximum absolute atomic E-state index is 13.5. The molecule has 1 N–H and O–H groups in total. The minimum absolute atomic E-state index is 0.108. The summed E-state index contributed by atoms with van der Waals surface area (Å²) in [7, 11) is 0. The first kappa shape index (κ1) is 16.5. The van der Waals surface area contributed by atoms with Gasteiger partial charge in [0.25, 0.3) is 5.91 Å². The zero-order chi connectivity index (χ0) is 15.9. The van der Waals surface area contributed by atoms with E-state index in [0.717, 1.165) is 10.7 Å². The number of hydrogen-bond donors (Lipinski definition) is 1. The third kappa shape index (κ3) is 4.54. The van der Waals surface area contributed by atoms with Gasteiger partial charge < -0.3 is 4.74 Å². The first-order valence-corrected chi connectivity index (χ1v) is 7.38. The van der Waals surface area contributed by atoms with E-state index in [0.29, 0.717) is 5.75 Å². The van der Waals surface area contributed by atoms with Crippen molar-refractivity contribution in [1.82, 2.24) is 5.43 Å². The Balaban J connectivity index is 1.88. The van der Waals surface area contributed by atoms with E-state index in [1.165, 1.54) is 18.2 Å². The molecule has 0 heterocycles. The fourth-order valence-corrected chi connectivity index (χ4v) is 2.15. The van der Waals surface area contributed by atoms with Gasteiger partial charge in [-0.2, -0.15) is 5.10 Å². The zero-order valence-corrected chi connectivity index (χ0v) is 13.6. The molecule has 0 radical (unpaired) electrons. The van der Waals surface area contributed by atoms with Crippen molar-refractivity contribution in [1.29, 1.82) is 0 Å². The van der Waals surface area contributed by atoms with E-state index in [1.54, 1.807) is 18.2 Å². The summed E-state index contributed by atoms with van der Waals surface area (Å²) in [6.45, 7) is -0.217. The van der Waals surface area contributed by atoms with Gasteiger partial charge in [-0.25, -0.2) is 9.82 Å². The molecule has 2 aromatic rings. The maximum Gasteiger partial charge on any atom is 0.277 e. The van der Waals surface area contributed by atoms with Crippen LogP contribution in [-0.2, 0) is 4.79 Å². The standard InChI is InChI=1S/C15H11BrClFN2O2/c16-11-4-1-2-7-14(11)22-9-15(21)20-19-8-10-12(17)5-3-6-13(10)18/h1-8H,9H2,(H,20,21)/b19-8+. The molecular weight excluding hydrogens is 375 g/mol. The van der Waals surface area contributed by atoms with Gasteiger partial charge in [0.05, 0.1) is 15.7 Å². The van der Waals surface area contributed by atoms with Crippen LogP contribution in [0.5, 0.6) is 5.75 Å². The number of carbonyl (C=O) groups is 1. The number of para-hydroxylation sites is 1. The number of carbonyl (C=O) groups excluding carboxylic acids is 1. The van der Waals surface area contributed by atoms with Crippen molar-refractivity contribution in [3.63, 3.8) is 0 Å². The van der Waals surface area contributed by atoms with Crippen LogP contribution >= 0.6 is 27.5 Å². The van der Waals surface area contributed by atoms with E-state index in [1.807, 2.05) is 6.07 Å². The lowest BCUT2D eigenvalue weighted by atomic mass is 10.2. The highest BCUT2D eigenvalue weighted by atomic mass is 79.9. The summed E-state index contributed by atoms with van der Waals surface area (Å²) in [6.07, 6.45) is 1.15. The normalized spacial score (nSPS) is 10.7. The number of rotatable bonds is 5. The molecule has 0 aliphatic carbocycles. The number of nitrogens with one attached hydrogen (secondary N) is 1. The first-order valence-electron chi connectivity index (χ1n) is 6.21. The van der Waals surface area contributed by atoms with Crippen molar-refractivity contribution in [2.75, 3.05) is 6.61 Å². The van der Waals surface area contributed by atoms with Gasteiger partial charge in [0.15, 0.2) is 6.61 Å². The molecule has 22 heavy (non-hydrogen) atoms. The number of nitrogens with zero attached hydrogens (tertiary/aromatic N) is 1. The molecule has 2 rings (SSSR count). The number of hydrogen-bond acceptors (Lipinski definition) is 3. The second-order valence-electron chi connectivity index (χ2n) is 4.15. The quantitative estimate of drug-likeness (QED) is 0.629. The summed E-state index contributed by atoms with van der Waals surface area (Å²) in [5, 5.41) is 3.87. The third-order valence-electron chi connectivity index (χ3n) is 2.58. The van der Waals surface area contributed by atoms with Crippen molar-refractivity contribution >= 4 is 39.7 Å². The highest BCUT2D eigenvalue weighted by Gasteiger charge is 2.06. The van der Waals surface area contributed by atoms with E-state index in [4.69, 9.17) is 16.3 Å². The van der Waals surface area contributed by atoms with Gasteiger partial charge in [-0.15, -0.1) is 0 Å². The fourth-order valence-electron chi connectivity index (χ4n) is 1.54. The van der Waals surface area contributed by atoms with Crippen molar-refractivity contribution in [3.8, 4) is 5.75 Å². The lowest BCUT2D eigenvalue weighted by molar-refractivity contribution is -0.123. The summed E-state index contributed by atoms with van der Waals surface area (Å²) in [5.74, 6) is -0.451. The lowest BCUT2D eigenvalue weighted by Gasteiger charge is -2.06. The highest BCUT2D eigenvalue weighted by molar-refractivity contribution is 9.10. The molecule has 0 unspecified atom stereocenters. The third-order valence-corrected chi connectivity index (χ3v) is 3.56. The first-order chi connectivity index (χ1) is 10.6. The van der Waals surface area contributed by atoms with E-state index in [9.17, 15) is 9.18 Å². The molecule has 0 aromatic heterocycles. The lowest BCUT2D eigenvalue weighted by Crippen LogP contribution is -2.24. The Morgan fingerprint density at radius 1 is 1.32 bits per heavy atom. The maximum atomic E-state index is 13.5. The summed E-state index contributed by atoms with van der Waals surface area (Å²) >= 11 is 9.13. The Morgan fingerprint density at radius 2 is 2.09 bits per heavy atom. The Hall–Kier alpha value is -1.92. The molecule has 0 aliphatic heterocycles. The monoisotopic (exact) mass is 384 g/mol. The van der Waals surface area contributed by atoms with Crippen molar-refractivity contribution in [3.05, 3.63) is 63.3 Å². The van der Waals surface area contributed by atoms with Crippen LogP contribution in [0.1, 0.15) is 5.56 Å². The minimum Gasteiger partial charge on any atom is -0.483 e. The number of benzene rings is 2. The molecule has 114 valence electrons. The van der Waals surface area contributed by atoms with Gasteiger partial charge in [-0.3, -0.25) is 4.79 Å². The number of amides is 1. The Morgan fingerprint density at radius 3 is 2.82 bits per heavy atom. The van der Waals surface area contributed by atoms with Gasteiger partial charge in [-0.05, 0) is 40.2 Å². The van der Waals surface area contributed by atoms with E-state index in [-0.39, 0.29) is 17.2 Å². The molecule has 2 aromatic carbocycles. The summed E-state index contributed by atoms with van der Waals surface area (Å²) in [5.41, 5.74) is 2.35. The van der Waals surface area contributed by atoms with Gasteiger partial charge in [0.2, 0.25) is 0 Å². The number of halogens is 3. The Kier molecular flexibility index (Phi) is 5.91. The van der Waals surface area contributed by atoms with Crippen LogP contribution in [0.3, 0.4) is 0 Å². The van der Waals surface area contributed by atoms with Gasteiger partial charge in [0.1, 0.15) is 11.6 Å². The molecule has 1 amide bonds. The predicted molar refractivity (Wildman–Crippen MR) is 86.8 cm³/mol. The second kappa shape index (κ2) is 7.91. The van der Waals surface area contributed by atoms with Crippen LogP contribution in [-0.4, -0.2) is 18.7 Å². The smallest absolute Gasteiger partial charge is 0.277 e. The molecule has 0 atom stereocenters. The Bertz CT molecular complexity index is 689. The highest BCUT2D eigenvalue weighted by Crippen LogP contribution is 2.23. The largest absolute Gasteiger partial charge is 0.483 e. The predicted octanol–water partition coefficient (Wildman–Crippen LogP) is 3.77. The van der Waals surface area contributed by atoms with Crippen LogP contribution in [0.2, 0.25) is 5.02 Å². The van der Waals surface area contributed by atoms with Crippen molar-refractivity contribution in [2.45, 2.75) is 0 Å². The molecule has 0 saturated heterocycles. The molecule has 0 saturated carbocycles. The molecule has 7 heteroatoms. The molecule has 0 spiro atoms. The van der Waals surface area contributed by atoms with Gasteiger partial charge in [0, 0.05) is 5.56 Å². The van der Waals surface area contributed by atoms with Crippen molar-refractivity contribution in [2.24, 2.45) is 5.10 Å². The van der Waals surface area contributed by atoms with Crippen LogP contribution in [0.4, 0.5) is 4.39 Å². The van der Waals surface area contributed by atoms with Crippen LogP contribution in [0.15, 0.2) is 52.0 Å². The van der Waals surface area contributed by atoms with E-state index < -0.39 is 11.7 Å². The molecule has 0 aliphatic rings. The average molecular weight is 386 g/mol. The summed E-state index contributed by atoms with van der Waals surface area (Å²) < 4.78 is 19.5. The van der Waals surface area contributed by atoms with Crippen LogP contribution in [0.25, 0.3) is 0 Å². The van der Waals surface area contributed by atoms with Gasteiger partial charge >= 0.3 is 0 Å². The number of hydrazone groups is 1. The average Bonchev–Trinajstić information content (AvgIpc) is 2.49. The SMILES string of the molecule is O=C(COc1ccccc1Br)N/N=C/c1c(F)cccc1Cl. The Labute approximate surface area is 140 Å². The van der Waals surface area contributed by atoms with Crippen LogP contribution < -0.4 is 10.2 Å². The zero-order valence-electron chi connectivity index (χ0n) is 11.2. The van der Waals surface area contributed by atoms with E-state index >= 15 is 0 Å². The molecule has 4 nitrogen and oxygen atoms in total. The minimum atomic E-state index is -0.519. The van der Waals surface area contributed by atoms with Gasteiger partial charge in [-0.1, -0.05) is 29.8 Å². The molecule has 0 bridgehead atoms. The summed E-state index contributed by atoms with van der Waals surface area (Å²) in [4.78, 5) is 11.6. The topological polar surface area (TPSA) is 50.7 Å². The van der Waals surface area contributed by atoms with E-state index in [2.05, 4.69) is 26.5 Å². The second-order valence-corrected chi connectivity index (χ2v) is 5.41. The number of ether oxygens (including phenoxy) is 1. The fraction of sp³-hybridized carbons (Fsp3) is 0.0667. The molecular formula is C15H11BrClFN2O2. The van der Waals surface area contributed by atoms with Crippen LogP contribution in [0, 0.1) is 5.82 Å². The van der Waals surface area contributed by atoms with Crippen molar-refractivity contribution < 1.29 is 13.9 Å².